The molecule has 0 aromatic heterocycles. The van der Waals surface area contributed by atoms with Crippen molar-refractivity contribution >= 4 is 0 Å². The van der Waals surface area contributed by atoms with Crippen molar-refractivity contribution in [1.29, 1.82) is 0 Å². The Morgan fingerprint density at radius 3 is 2.46 bits per heavy atom. The van der Waals surface area contributed by atoms with Crippen LogP contribution in [0.15, 0.2) is 0 Å². The van der Waals surface area contributed by atoms with E-state index < -0.39 is 18.5 Å². The highest BCUT2D eigenvalue weighted by Gasteiger charge is 2.34. The maximum Gasteiger partial charge on any atom is 0.186 e. The molecular weight excluding hydrogens is 172 g/mol. The Balaban J connectivity index is 2.49. The van der Waals surface area contributed by atoms with Crippen LogP contribution in [0.5, 0.6) is 0 Å². The van der Waals surface area contributed by atoms with Gasteiger partial charge in [0.1, 0.15) is 6.10 Å². The molecule has 3 atom stereocenters. The second-order valence-corrected chi connectivity index (χ2v) is 4.32. The van der Waals surface area contributed by atoms with Crippen molar-refractivity contribution in [2.24, 2.45) is 0 Å². The van der Waals surface area contributed by atoms with Crippen molar-refractivity contribution in [3.05, 3.63) is 0 Å². The zero-order chi connectivity index (χ0) is 10.1. The Bertz CT molecular complexity index is 163. The molecule has 0 aromatic rings. The fourth-order valence-electron chi connectivity index (χ4n) is 1.21. The van der Waals surface area contributed by atoms with Gasteiger partial charge >= 0.3 is 0 Å². The second-order valence-electron chi connectivity index (χ2n) is 4.32. The van der Waals surface area contributed by atoms with E-state index in [0.29, 0.717) is 13.0 Å². The molecule has 0 saturated carbocycles. The van der Waals surface area contributed by atoms with Gasteiger partial charge in [-0.05, 0) is 27.2 Å². The summed E-state index contributed by atoms with van der Waals surface area (Å²) in [6.45, 7) is 6.07. The highest BCUT2D eigenvalue weighted by Crippen LogP contribution is 2.20. The Morgan fingerprint density at radius 2 is 1.92 bits per heavy atom. The summed E-state index contributed by atoms with van der Waals surface area (Å²) in [7, 11) is 0. The molecule has 2 N–H and O–H groups in total. The van der Waals surface area contributed by atoms with Crippen LogP contribution in [0.1, 0.15) is 27.2 Å². The molecule has 1 rings (SSSR count). The molecule has 1 heterocycles. The van der Waals surface area contributed by atoms with E-state index in [1.807, 2.05) is 20.8 Å². The van der Waals surface area contributed by atoms with Gasteiger partial charge in [0.05, 0.1) is 18.3 Å². The van der Waals surface area contributed by atoms with E-state index >= 15 is 0 Å². The van der Waals surface area contributed by atoms with Crippen LogP contribution in [0.3, 0.4) is 0 Å². The number of rotatable bonds is 1. The van der Waals surface area contributed by atoms with Crippen molar-refractivity contribution in [2.45, 2.75) is 51.3 Å². The maximum absolute atomic E-state index is 9.50. The SMILES string of the molecule is CC(C)(C)OC1OCCC(O)C1O. The molecule has 1 saturated heterocycles. The lowest BCUT2D eigenvalue weighted by Crippen LogP contribution is -2.48. The zero-order valence-corrected chi connectivity index (χ0v) is 8.36. The summed E-state index contributed by atoms with van der Waals surface area (Å²) in [6.07, 6.45) is -1.91. The minimum atomic E-state index is -0.937. The number of ether oxygens (including phenoxy) is 2. The monoisotopic (exact) mass is 190 g/mol. The van der Waals surface area contributed by atoms with Gasteiger partial charge in [0.15, 0.2) is 6.29 Å². The predicted octanol–water partition coefficient (Wildman–Crippen LogP) is 0.270. The van der Waals surface area contributed by atoms with Crippen LogP contribution in [0, 0.1) is 0 Å². The quantitative estimate of drug-likeness (QED) is 0.623. The molecule has 78 valence electrons. The van der Waals surface area contributed by atoms with Crippen molar-refractivity contribution in [1.82, 2.24) is 0 Å². The van der Waals surface area contributed by atoms with Crippen molar-refractivity contribution in [3.8, 4) is 0 Å². The van der Waals surface area contributed by atoms with Gasteiger partial charge in [-0.1, -0.05) is 0 Å². The van der Waals surface area contributed by atoms with Crippen molar-refractivity contribution in [3.63, 3.8) is 0 Å². The zero-order valence-electron chi connectivity index (χ0n) is 8.36. The van der Waals surface area contributed by atoms with Gasteiger partial charge in [-0.3, -0.25) is 0 Å². The van der Waals surface area contributed by atoms with E-state index in [2.05, 4.69) is 0 Å². The first-order valence-electron chi connectivity index (χ1n) is 4.56. The van der Waals surface area contributed by atoms with Gasteiger partial charge in [-0.2, -0.15) is 0 Å². The molecule has 0 spiro atoms. The number of aliphatic hydroxyl groups excluding tert-OH is 2. The molecule has 0 amide bonds. The van der Waals surface area contributed by atoms with Crippen molar-refractivity contribution < 1.29 is 19.7 Å². The summed E-state index contributed by atoms with van der Waals surface area (Å²) in [6, 6.07) is 0. The van der Waals surface area contributed by atoms with E-state index in [0.717, 1.165) is 0 Å². The van der Waals surface area contributed by atoms with Gasteiger partial charge in [0, 0.05) is 0 Å². The summed E-state index contributed by atoms with van der Waals surface area (Å²) in [5.74, 6) is 0. The van der Waals surface area contributed by atoms with Crippen LogP contribution in [0.4, 0.5) is 0 Å². The lowest BCUT2D eigenvalue weighted by molar-refractivity contribution is -0.272. The van der Waals surface area contributed by atoms with E-state index in [4.69, 9.17) is 9.47 Å². The van der Waals surface area contributed by atoms with E-state index in [9.17, 15) is 10.2 Å². The summed E-state index contributed by atoms with van der Waals surface area (Å²) < 4.78 is 10.6. The van der Waals surface area contributed by atoms with Crippen LogP contribution in [-0.4, -0.2) is 40.9 Å². The third-order valence-electron chi connectivity index (χ3n) is 1.84. The van der Waals surface area contributed by atoms with Crippen LogP contribution >= 0.6 is 0 Å². The minimum absolute atomic E-state index is 0.372. The highest BCUT2D eigenvalue weighted by atomic mass is 16.7. The number of hydrogen-bond donors (Lipinski definition) is 2. The molecule has 4 nitrogen and oxygen atoms in total. The Morgan fingerprint density at radius 1 is 1.31 bits per heavy atom. The highest BCUT2D eigenvalue weighted by molar-refractivity contribution is 4.77. The van der Waals surface area contributed by atoms with E-state index in [-0.39, 0.29) is 5.60 Å². The lowest BCUT2D eigenvalue weighted by Gasteiger charge is -2.35. The normalized spacial score (nSPS) is 36.2. The first kappa shape index (κ1) is 10.9. The van der Waals surface area contributed by atoms with Crippen LogP contribution in [0.25, 0.3) is 0 Å². The fourth-order valence-corrected chi connectivity index (χ4v) is 1.21. The van der Waals surface area contributed by atoms with Gasteiger partial charge in [0.25, 0.3) is 0 Å². The molecule has 4 heteroatoms. The average Bonchev–Trinajstić information content (AvgIpc) is 1.96. The Kier molecular flexibility index (Phi) is 3.29. The largest absolute Gasteiger partial charge is 0.390 e. The molecule has 1 fully saturated rings. The first-order valence-corrected chi connectivity index (χ1v) is 4.56. The molecule has 0 aliphatic carbocycles. The van der Waals surface area contributed by atoms with Crippen LogP contribution in [0.2, 0.25) is 0 Å². The molecule has 0 aromatic carbocycles. The summed E-state index contributed by atoms with van der Waals surface area (Å²) >= 11 is 0. The van der Waals surface area contributed by atoms with Crippen LogP contribution in [-0.2, 0) is 9.47 Å². The smallest absolute Gasteiger partial charge is 0.186 e. The standard InChI is InChI=1S/C9H18O4/c1-9(2,3)13-8-7(11)6(10)4-5-12-8/h6-8,10-11H,4-5H2,1-3H3. The third-order valence-corrected chi connectivity index (χ3v) is 1.84. The topological polar surface area (TPSA) is 58.9 Å². The average molecular weight is 190 g/mol. The third kappa shape index (κ3) is 3.23. The predicted molar refractivity (Wildman–Crippen MR) is 47.2 cm³/mol. The molecular formula is C9H18O4. The number of hydrogen-bond acceptors (Lipinski definition) is 4. The van der Waals surface area contributed by atoms with Gasteiger partial charge < -0.3 is 19.7 Å². The van der Waals surface area contributed by atoms with E-state index in [1.54, 1.807) is 0 Å². The van der Waals surface area contributed by atoms with Gasteiger partial charge in [-0.15, -0.1) is 0 Å². The molecule has 13 heavy (non-hydrogen) atoms. The van der Waals surface area contributed by atoms with Crippen LogP contribution < -0.4 is 0 Å². The Hall–Kier alpha value is -0.160. The summed E-state index contributed by atoms with van der Waals surface area (Å²) in [5, 5.41) is 18.8. The summed E-state index contributed by atoms with van der Waals surface area (Å²) in [4.78, 5) is 0. The maximum atomic E-state index is 9.50. The van der Waals surface area contributed by atoms with Gasteiger partial charge in [-0.25, -0.2) is 0 Å². The molecule has 3 unspecified atom stereocenters. The molecule has 0 bridgehead atoms. The van der Waals surface area contributed by atoms with E-state index in [1.165, 1.54) is 0 Å². The molecule has 1 aliphatic rings. The molecule has 1 aliphatic heterocycles. The number of aliphatic hydroxyl groups is 2. The van der Waals surface area contributed by atoms with Crippen molar-refractivity contribution in [2.75, 3.05) is 6.61 Å². The lowest BCUT2D eigenvalue weighted by atomic mass is 10.1. The van der Waals surface area contributed by atoms with Gasteiger partial charge in [0.2, 0.25) is 0 Å². The first-order chi connectivity index (χ1) is 5.90. The molecule has 0 radical (unpaired) electrons. The minimum Gasteiger partial charge on any atom is -0.390 e. The summed E-state index contributed by atoms with van der Waals surface area (Å²) in [5.41, 5.74) is -0.372. The second kappa shape index (κ2) is 3.92. The fraction of sp³-hybridized carbons (Fsp3) is 1.00. The Labute approximate surface area is 78.5 Å².